The molecule has 1 saturated heterocycles. The summed E-state index contributed by atoms with van der Waals surface area (Å²) in [6.45, 7) is 2.60. The lowest BCUT2D eigenvalue weighted by Crippen LogP contribution is -2.53. The molecule has 31 heavy (non-hydrogen) atoms. The molecule has 0 aliphatic carbocycles. The first-order chi connectivity index (χ1) is 14.9. The SMILES string of the molecule is O=C1NCc2cnc3[nH]ccc3c2N1C1CCN(Cc2ccc(C(F)(F)F)cc2)CC1. The van der Waals surface area contributed by atoms with Gasteiger partial charge in [-0.15, -0.1) is 0 Å². The fourth-order valence-electron chi connectivity index (χ4n) is 4.55. The number of pyridine rings is 1. The van der Waals surface area contributed by atoms with Crippen LogP contribution in [-0.4, -0.2) is 40.0 Å². The summed E-state index contributed by atoms with van der Waals surface area (Å²) in [4.78, 5) is 24.4. The number of aromatic amines is 1. The summed E-state index contributed by atoms with van der Waals surface area (Å²) < 4.78 is 38.3. The van der Waals surface area contributed by atoms with Gasteiger partial charge >= 0.3 is 12.2 Å². The lowest BCUT2D eigenvalue weighted by atomic mass is 9.99. The van der Waals surface area contributed by atoms with Crippen molar-refractivity contribution in [2.24, 2.45) is 0 Å². The van der Waals surface area contributed by atoms with Crippen LogP contribution in [-0.2, 0) is 19.3 Å². The first kappa shape index (κ1) is 19.9. The van der Waals surface area contributed by atoms with Gasteiger partial charge in [-0.1, -0.05) is 12.1 Å². The van der Waals surface area contributed by atoms with Crippen molar-refractivity contribution in [3.63, 3.8) is 0 Å². The molecule has 5 rings (SSSR count). The molecule has 162 valence electrons. The van der Waals surface area contributed by atoms with Gasteiger partial charge in [0.05, 0.1) is 11.3 Å². The zero-order valence-corrected chi connectivity index (χ0v) is 16.7. The normalized spacial score (nSPS) is 18.3. The average Bonchev–Trinajstić information content (AvgIpc) is 3.23. The standard InChI is InChI=1S/C22H22F3N5O/c23-22(24,25)16-3-1-14(2-4-16)13-29-9-6-17(7-10-29)30-19-15(12-28-21(30)31)11-27-20-18(19)5-8-26-20/h1-5,8,11,17H,6-7,9-10,12-13H2,(H,26,27)(H,28,31). The Bertz CT molecular complexity index is 1100. The number of amides is 2. The molecular weight excluding hydrogens is 407 g/mol. The maximum absolute atomic E-state index is 12.8. The van der Waals surface area contributed by atoms with Crippen LogP contribution in [0.15, 0.2) is 42.7 Å². The largest absolute Gasteiger partial charge is 0.416 e. The van der Waals surface area contributed by atoms with Gasteiger partial charge in [-0.2, -0.15) is 13.2 Å². The molecule has 2 N–H and O–H groups in total. The predicted molar refractivity (Wildman–Crippen MR) is 111 cm³/mol. The van der Waals surface area contributed by atoms with Crippen molar-refractivity contribution in [1.29, 1.82) is 0 Å². The fourth-order valence-corrected chi connectivity index (χ4v) is 4.55. The highest BCUT2D eigenvalue weighted by Gasteiger charge is 2.34. The topological polar surface area (TPSA) is 64.3 Å². The number of alkyl halides is 3. The van der Waals surface area contributed by atoms with Gasteiger partial charge in [0.2, 0.25) is 0 Å². The van der Waals surface area contributed by atoms with E-state index in [1.54, 1.807) is 18.3 Å². The summed E-state index contributed by atoms with van der Waals surface area (Å²) in [6.07, 6.45) is 0.904. The molecule has 0 radical (unpaired) electrons. The van der Waals surface area contributed by atoms with Gasteiger partial charge in [-0.05, 0) is 36.6 Å². The summed E-state index contributed by atoms with van der Waals surface area (Å²) in [6, 6.07) is 7.26. The number of anilines is 1. The van der Waals surface area contributed by atoms with Crippen LogP contribution in [0.1, 0.15) is 29.5 Å². The summed E-state index contributed by atoms with van der Waals surface area (Å²) >= 11 is 0. The Morgan fingerprint density at radius 1 is 1.10 bits per heavy atom. The number of halogens is 3. The smallest absolute Gasteiger partial charge is 0.346 e. The Labute approximate surface area is 177 Å². The van der Waals surface area contributed by atoms with Crippen molar-refractivity contribution < 1.29 is 18.0 Å². The zero-order valence-electron chi connectivity index (χ0n) is 16.7. The first-order valence-corrected chi connectivity index (χ1v) is 10.3. The number of benzene rings is 1. The van der Waals surface area contributed by atoms with Crippen LogP contribution in [0.2, 0.25) is 0 Å². The Morgan fingerprint density at radius 3 is 2.55 bits per heavy atom. The lowest BCUT2D eigenvalue weighted by Gasteiger charge is -2.41. The number of rotatable bonds is 3. The molecule has 9 heteroatoms. The van der Waals surface area contributed by atoms with Crippen molar-refractivity contribution in [3.05, 3.63) is 59.4 Å². The van der Waals surface area contributed by atoms with Crippen molar-refractivity contribution in [2.75, 3.05) is 18.0 Å². The number of aromatic nitrogens is 2. The number of urea groups is 1. The fraction of sp³-hybridized carbons (Fsp3) is 0.364. The van der Waals surface area contributed by atoms with E-state index in [9.17, 15) is 18.0 Å². The average molecular weight is 429 g/mol. The van der Waals surface area contributed by atoms with Crippen molar-refractivity contribution >= 4 is 22.8 Å². The third-order valence-electron chi connectivity index (χ3n) is 6.13. The summed E-state index contributed by atoms with van der Waals surface area (Å²) in [5, 5.41) is 3.89. The molecule has 3 aromatic rings. The van der Waals surface area contributed by atoms with Crippen molar-refractivity contribution in [1.82, 2.24) is 20.2 Å². The van der Waals surface area contributed by atoms with Crippen LogP contribution in [0, 0.1) is 0 Å². The summed E-state index contributed by atoms with van der Waals surface area (Å²) in [5.74, 6) is 0. The van der Waals surface area contributed by atoms with E-state index in [2.05, 4.69) is 20.2 Å². The van der Waals surface area contributed by atoms with Crippen LogP contribution in [0.5, 0.6) is 0 Å². The van der Waals surface area contributed by atoms with Crippen LogP contribution >= 0.6 is 0 Å². The third kappa shape index (κ3) is 3.74. The molecular formula is C22H22F3N5O. The minimum Gasteiger partial charge on any atom is -0.346 e. The number of carbonyl (C=O) groups excluding carboxylic acids is 1. The van der Waals surface area contributed by atoms with Gasteiger partial charge in [0.1, 0.15) is 5.65 Å². The molecule has 0 saturated carbocycles. The Kier molecular flexibility index (Phi) is 4.85. The molecule has 1 fully saturated rings. The number of hydrogen-bond acceptors (Lipinski definition) is 3. The molecule has 2 aliphatic heterocycles. The highest BCUT2D eigenvalue weighted by Crippen LogP contribution is 2.35. The van der Waals surface area contributed by atoms with Gasteiger partial charge in [-0.3, -0.25) is 9.80 Å². The number of H-pyrrole nitrogens is 1. The highest BCUT2D eigenvalue weighted by atomic mass is 19.4. The van der Waals surface area contributed by atoms with E-state index in [0.29, 0.717) is 13.1 Å². The van der Waals surface area contributed by atoms with E-state index in [1.165, 1.54) is 0 Å². The molecule has 2 aliphatic rings. The zero-order chi connectivity index (χ0) is 21.6. The second-order valence-corrected chi connectivity index (χ2v) is 8.10. The van der Waals surface area contributed by atoms with Gasteiger partial charge in [0.15, 0.2) is 0 Å². The second kappa shape index (κ2) is 7.56. The number of piperidine rings is 1. The molecule has 6 nitrogen and oxygen atoms in total. The molecule has 0 spiro atoms. The molecule has 0 atom stereocenters. The Morgan fingerprint density at radius 2 is 1.84 bits per heavy atom. The van der Waals surface area contributed by atoms with Crippen LogP contribution in [0.3, 0.4) is 0 Å². The molecule has 2 aromatic heterocycles. The van der Waals surface area contributed by atoms with Gasteiger partial charge in [0, 0.05) is 55.6 Å². The van der Waals surface area contributed by atoms with Crippen molar-refractivity contribution in [2.45, 2.75) is 38.1 Å². The molecule has 2 amide bonds. The number of nitrogens with zero attached hydrogens (tertiary/aromatic N) is 3. The molecule has 0 unspecified atom stereocenters. The van der Waals surface area contributed by atoms with E-state index in [1.807, 2.05) is 17.2 Å². The maximum Gasteiger partial charge on any atom is 0.416 e. The monoisotopic (exact) mass is 429 g/mol. The number of nitrogens with one attached hydrogen (secondary N) is 2. The van der Waals surface area contributed by atoms with E-state index in [4.69, 9.17) is 0 Å². The molecule has 0 bridgehead atoms. The number of carbonyl (C=O) groups is 1. The van der Waals surface area contributed by atoms with Crippen LogP contribution in [0.4, 0.5) is 23.7 Å². The highest BCUT2D eigenvalue weighted by molar-refractivity contribution is 6.04. The number of hydrogen-bond donors (Lipinski definition) is 2. The number of fused-ring (bicyclic) bond motifs is 3. The predicted octanol–water partition coefficient (Wildman–Crippen LogP) is 4.28. The number of likely N-dealkylation sites (tertiary alicyclic amines) is 1. The first-order valence-electron chi connectivity index (χ1n) is 10.3. The van der Waals surface area contributed by atoms with E-state index < -0.39 is 11.7 Å². The minimum atomic E-state index is -4.32. The van der Waals surface area contributed by atoms with E-state index in [-0.39, 0.29) is 12.1 Å². The summed E-state index contributed by atoms with van der Waals surface area (Å²) in [7, 11) is 0. The van der Waals surface area contributed by atoms with Gasteiger partial charge < -0.3 is 10.3 Å². The molecule has 4 heterocycles. The second-order valence-electron chi connectivity index (χ2n) is 8.10. The van der Waals surface area contributed by atoms with Crippen LogP contribution in [0.25, 0.3) is 11.0 Å². The third-order valence-corrected chi connectivity index (χ3v) is 6.13. The van der Waals surface area contributed by atoms with E-state index >= 15 is 0 Å². The Hall–Kier alpha value is -3.07. The van der Waals surface area contributed by atoms with Crippen LogP contribution < -0.4 is 10.2 Å². The van der Waals surface area contributed by atoms with Gasteiger partial charge in [-0.25, -0.2) is 9.78 Å². The Balaban J connectivity index is 1.29. The lowest BCUT2D eigenvalue weighted by molar-refractivity contribution is -0.137. The molecule has 1 aromatic carbocycles. The van der Waals surface area contributed by atoms with E-state index in [0.717, 1.165) is 65.9 Å². The van der Waals surface area contributed by atoms with Gasteiger partial charge in [0.25, 0.3) is 0 Å². The summed E-state index contributed by atoms with van der Waals surface area (Å²) in [5.41, 5.74) is 2.91. The minimum absolute atomic E-state index is 0.0587. The quantitative estimate of drug-likeness (QED) is 0.654. The maximum atomic E-state index is 12.8. The van der Waals surface area contributed by atoms with Crippen molar-refractivity contribution in [3.8, 4) is 0 Å².